The van der Waals surface area contributed by atoms with Crippen molar-refractivity contribution < 1.29 is 94.0 Å². The molecule has 6 heterocycles. The van der Waals surface area contributed by atoms with Crippen molar-refractivity contribution in [2.24, 2.45) is 11.7 Å². The van der Waals surface area contributed by atoms with Crippen LogP contribution in [0, 0.1) is 17.8 Å². The van der Waals surface area contributed by atoms with E-state index in [4.69, 9.17) is 67.6 Å². The van der Waals surface area contributed by atoms with Crippen LogP contribution in [0.25, 0.3) is 22.3 Å². The molecule has 31 nitrogen and oxygen atoms in total. The summed E-state index contributed by atoms with van der Waals surface area (Å²) >= 11 is 1.48. The summed E-state index contributed by atoms with van der Waals surface area (Å²) in [6, 6.07) is 15.3. The standard InChI is InChI=1S/C79H106N10O21S2/c1-6-79(70-48-72-73-68(52-88(72)75(94)69(70)56-108-76(79)95)66(67-19-10-11-20-71(67)84-73)27-29-89(57(2)3)112(5,97)98)110-78(96)109-53-58-21-23-61(24-22-58)83-74(93)60(16-12-13-28-80)47-65(92)55-107-54-64(91)18-14-31-99-33-35-101-37-39-103-41-43-105-45-46-106-44-42-104-40-38-102-36-34-100-32-30-87-51-62(85-86-87)25-26-63(90)17-9-7-8-15-59-49-81-77(111-4)82-50-59/h10-11,19-24,48-51,57,60H,6-7,9,12-14,16-18,25-47,52-56,80H2,1-5H3,(H,83,93)/t60-,79+/m1/s1. The second-order valence-corrected chi connectivity index (χ2v) is 29.6. The number of carbonyl (C=O) groups excluding carboxylic acids is 6. The molecular formula is C79H106N10O21S2. The summed E-state index contributed by atoms with van der Waals surface area (Å²) in [5, 5.41) is 12.7. The lowest BCUT2D eigenvalue weighted by atomic mass is 9.85. The highest BCUT2D eigenvalue weighted by Crippen LogP contribution is 2.42. The molecule has 2 aliphatic rings. The lowest BCUT2D eigenvalue weighted by Crippen LogP contribution is -2.47. The number of esters is 1. The number of carbonyl (C=O) groups is 6. The molecule has 3 N–H and O–H groups in total. The van der Waals surface area contributed by atoms with E-state index in [1.54, 1.807) is 58.9 Å². The molecule has 1 amide bonds. The van der Waals surface area contributed by atoms with Crippen LogP contribution in [0.2, 0.25) is 0 Å². The first-order valence-electron chi connectivity index (χ1n) is 38.1. The lowest BCUT2D eigenvalue weighted by molar-refractivity contribution is -0.175. The number of fused-ring (bicyclic) bond motifs is 5. The molecule has 0 saturated heterocycles. The zero-order valence-electron chi connectivity index (χ0n) is 64.8. The molecule has 0 unspecified atom stereocenters. The summed E-state index contributed by atoms with van der Waals surface area (Å²) in [7, 11) is -3.54. The van der Waals surface area contributed by atoms with E-state index in [2.05, 4.69) is 37.4 Å². The van der Waals surface area contributed by atoms with Crippen LogP contribution in [0.3, 0.4) is 0 Å². The van der Waals surface area contributed by atoms with Crippen molar-refractivity contribution in [1.29, 1.82) is 0 Å². The first-order chi connectivity index (χ1) is 54.3. The summed E-state index contributed by atoms with van der Waals surface area (Å²) in [6.45, 7) is 11.8. The lowest BCUT2D eigenvalue weighted by Gasteiger charge is -2.35. The predicted molar refractivity (Wildman–Crippen MR) is 415 cm³/mol. The third-order valence-electron chi connectivity index (χ3n) is 18.3. The van der Waals surface area contributed by atoms with Crippen molar-refractivity contribution in [2.45, 2.75) is 147 Å². The molecule has 0 aliphatic carbocycles. The number of thioether (sulfide) groups is 1. The van der Waals surface area contributed by atoms with Crippen LogP contribution in [-0.4, -0.2) is 233 Å². The Kier molecular flexibility index (Phi) is 38.2. The maximum atomic E-state index is 14.4. The number of amides is 1. The van der Waals surface area contributed by atoms with Gasteiger partial charge in [-0.15, -0.1) is 5.10 Å². The fourth-order valence-electron chi connectivity index (χ4n) is 12.5. The Morgan fingerprint density at radius 1 is 0.741 bits per heavy atom. The van der Waals surface area contributed by atoms with E-state index in [9.17, 15) is 42.0 Å². The number of cyclic esters (lactones) is 1. The largest absolute Gasteiger partial charge is 0.510 e. The highest BCUT2D eigenvalue weighted by atomic mass is 32.2. The zero-order chi connectivity index (χ0) is 79.9. The van der Waals surface area contributed by atoms with Crippen LogP contribution < -0.4 is 16.6 Å². The third-order valence-corrected chi connectivity index (χ3v) is 20.4. The van der Waals surface area contributed by atoms with Crippen LogP contribution in [0.15, 0.2) is 83.1 Å². The molecule has 4 aromatic heterocycles. The molecule has 0 spiro atoms. The minimum Gasteiger partial charge on any atom is -0.457 e. The first-order valence-corrected chi connectivity index (χ1v) is 41.1. The van der Waals surface area contributed by atoms with Crippen molar-refractivity contribution >= 4 is 73.8 Å². The van der Waals surface area contributed by atoms with Gasteiger partial charge in [0.15, 0.2) is 16.7 Å². The summed E-state index contributed by atoms with van der Waals surface area (Å²) < 4.78 is 97.3. The highest BCUT2D eigenvalue weighted by Gasteiger charge is 2.51. The zero-order valence-corrected chi connectivity index (χ0v) is 66.4. The maximum Gasteiger partial charge on any atom is 0.510 e. The number of ketones is 3. The van der Waals surface area contributed by atoms with Crippen LogP contribution in [0.1, 0.15) is 130 Å². The number of nitrogens with zero attached hydrogens (tertiary/aromatic N) is 8. The maximum absolute atomic E-state index is 14.4. The van der Waals surface area contributed by atoms with Gasteiger partial charge in [0.1, 0.15) is 32.2 Å². The molecule has 33 heteroatoms. The summed E-state index contributed by atoms with van der Waals surface area (Å²) in [5.74, 6) is 3.77. The van der Waals surface area contributed by atoms with Gasteiger partial charge >= 0.3 is 12.1 Å². The average molecular weight is 1600 g/mol. The van der Waals surface area contributed by atoms with Gasteiger partial charge < -0.3 is 72.5 Å². The minimum atomic E-state index is -3.54. The Labute approximate surface area is 658 Å². The van der Waals surface area contributed by atoms with Crippen molar-refractivity contribution in [3.05, 3.63) is 123 Å². The van der Waals surface area contributed by atoms with E-state index in [-0.39, 0.29) is 93.3 Å². The summed E-state index contributed by atoms with van der Waals surface area (Å²) in [4.78, 5) is 107. The Balaban J connectivity index is 0.601. The number of anilines is 1. The average Bonchev–Trinajstić information content (AvgIpc) is 1.49. The number of aromatic nitrogens is 7. The molecule has 0 fully saturated rings. The number of ether oxygens (including phenoxy) is 12. The van der Waals surface area contributed by atoms with Crippen LogP contribution in [-0.2, 0) is 136 Å². The number of unbranched alkanes of at least 4 members (excludes halogenated alkanes) is 2. The molecule has 2 aromatic carbocycles. The normalized spacial score (nSPS) is 14.0. The molecule has 0 radical (unpaired) electrons. The Hall–Kier alpha value is -8.34. The third kappa shape index (κ3) is 28.9. The number of sulfonamides is 1. The van der Waals surface area contributed by atoms with E-state index in [1.165, 1.54) is 22.3 Å². The van der Waals surface area contributed by atoms with Gasteiger partial charge in [0.05, 0.1) is 152 Å². The summed E-state index contributed by atoms with van der Waals surface area (Å²) in [5.41, 5.74) is 9.06. The fraction of sp³-hybridized carbons (Fsp3) is 0.570. The van der Waals surface area contributed by atoms with E-state index in [0.717, 1.165) is 27.8 Å². The number of aryl methyl sites for hydroxylation is 1. The first kappa shape index (κ1) is 89.2. The van der Waals surface area contributed by atoms with Gasteiger partial charge in [-0.1, -0.05) is 72.5 Å². The number of rotatable bonds is 56. The Bertz CT molecular complexity index is 4250. The minimum absolute atomic E-state index is 0.109. The molecule has 0 bridgehead atoms. The van der Waals surface area contributed by atoms with E-state index < -0.39 is 45.1 Å². The topological polar surface area (TPSA) is 380 Å². The van der Waals surface area contributed by atoms with E-state index in [0.29, 0.717) is 216 Å². The number of pyridine rings is 2. The van der Waals surface area contributed by atoms with Gasteiger partial charge in [-0.2, -0.15) is 4.31 Å². The fourth-order valence-corrected chi connectivity index (χ4v) is 14.0. The second-order valence-electron chi connectivity index (χ2n) is 26.9. The number of Topliss-reactive ketones (excluding diaryl/α,β-unsaturated/α-hetero) is 3. The molecule has 8 rings (SSSR count). The number of nitrogens with two attached hydrogens (primary N) is 1. The molecule has 0 saturated carbocycles. The van der Waals surface area contributed by atoms with Crippen LogP contribution in [0.4, 0.5) is 10.5 Å². The number of hydrogen-bond donors (Lipinski definition) is 2. The molecule has 2 aliphatic heterocycles. The van der Waals surface area contributed by atoms with Crippen molar-refractivity contribution in [3.8, 4) is 23.2 Å². The van der Waals surface area contributed by atoms with Crippen LogP contribution in [0.5, 0.6) is 0 Å². The molecular weight excluding hydrogens is 1490 g/mol. The highest BCUT2D eigenvalue weighted by molar-refractivity contribution is 7.98. The van der Waals surface area contributed by atoms with Crippen molar-refractivity contribution in [2.75, 3.05) is 150 Å². The van der Waals surface area contributed by atoms with Gasteiger partial charge in [0.25, 0.3) is 5.56 Å². The molecule has 2 atom stereocenters. The van der Waals surface area contributed by atoms with E-state index in [1.807, 2.05) is 50.6 Å². The molecule has 6 aromatic rings. The van der Waals surface area contributed by atoms with Gasteiger partial charge in [0.2, 0.25) is 21.5 Å². The van der Waals surface area contributed by atoms with E-state index >= 15 is 0 Å². The number of benzene rings is 2. The summed E-state index contributed by atoms with van der Waals surface area (Å²) in [6.07, 6.45) is 12.3. The Morgan fingerprint density at radius 2 is 1.37 bits per heavy atom. The second kappa shape index (κ2) is 48.0. The van der Waals surface area contributed by atoms with Gasteiger partial charge in [-0.05, 0) is 107 Å². The number of para-hydroxylation sites is 1. The Morgan fingerprint density at radius 3 is 1.99 bits per heavy atom. The smallest absolute Gasteiger partial charge is 0.457 e. The van der Waals surface area contributed by atoms with Gasteiger partial charge in [-0.25, -0.2) is 37.6 Å². The SMILES string of the molecule is CC[C@@]1(OC(=O)OCc2ccc(NC(=O)[C@H](CCCCN)CC(=O)COCC(=O)CCCOCCOCCOCCOCCOCCOCCOCCOCCn3cc(CCC(=O)CCCC#Cc4cnc(SC)nc4)nn3)cc2)C(=O)OCc2c1cc1n(c2=O)Cc2c-1nc1ccccc1c2CCN(C(C)C)S(C)(=O)=O. The van der Waals surface area contributed by atoms with Crippen molar-refractivity contribution in [3.63, 3.8) is 0 Å². The quantitative estimate of drug-likeness (QED) is 0.0124. The molecule has 112 heavy (non-hydrogen) atoms. The number of nitrogens with one attached hydrogen (secondary N) is 1. The van der Waals surface area contributed by atoms with Gasteiger partial charge in [-0.3, -0.25) is 24.0 Å². The molecule has 610 valence electrons. The van der Waals surface area contributed by atoms with Gasteiger partial charge in [0, 0.05) is 98.0 Å². The number of hydrogen-bond acceptors (Lipinski definition) is 28. The van der Waals surface area contributed by atoms with Crippen LogP contribution >= 0.6 is 11.8 Å². The monoisotopic (exact) mass is 1590 g/mol. The van der Waals surface area contributed by atoms with Crippen molar-refractivity contribution in [1.82, 2.24) is 38.8 Å². The predicted octanol–water partition coefficient (Wildman–Crippen LogP) is 7.32.